The summed E-state index contributed by atoms with van der Waals surface area (Å²) in [6, 6.07) is 7.61. The van der Waals surface area contributed by atoms with E-state index in [1.54, 1.807) is 7.11 Å². The Kier molecular flexibility index (Phi) is 11.4. The Morgan fingerprint density at radius 2 is 2.07 bits per heavy atom. The summed E-state index contributed by atoms with van der Waals surface area (Å²) in [7, 11) is 1.65. The summed E-state index contributed by atoms with van der Waals surface area (Å²) in [5.41, 5.74) is 2.40. The molecule has 1 unspecified atom stereocenters. The molecule has 1 heterocycles. The van der Waals surface area contributed by atoms with E-state index in [2.05, 4.69) is 32.7 Å². The topological polar surface area (TPSA) is 83.6 Å². The van der Waals surface area contributed by atoms with E-state index in [-0.39, 0.29) is 30.1 Å². The number of nitrogens with one attached hydrogen (secondary N) is 3. The first-order chi connectivity index (χ1) is 13.1. The van der Waals surface area contributed by atoms with Gasteiger partial charge in [-0.3, -0.25) is 5.10 Å². The highest BCUT2D eigenvalue weighted by Crippen LogP contribution is 2.19. The van der Waals surface area contributed by atoms with Gasteiger partial charge in [0.25, 0.3) is 0 Å². The Morgan fingerprint density at radius 1 is 1.29 bits per heavy atom. The molecule has 7 nitrogen and oxygen atoms in total. The maximum absolute atomic E-state index is 5.92. The van der Waals surface area contributed by atoms with Gasteiger partial charge in [-0.1, -0.05) is 6.07 Å². The number of aryl methyl sites for hydroxylation is 2. The fourth-order valence-corrected chi connectivity index (χ4v) is 2.62. The monoisotopic (exact) mass is 501 g/mol. The molecule has 0 aliphatic heterocycles. The number of rotatable bonds is 10. The van der Waals surface area contributed by atoms with Crippen LogP contribution in [0.15, 0.2) is 35.5 Å². The molecule has 2 aromatic rings. The molecule has 0 saturated carbocycles. The third-order valence-electron chi connectivity index (χ3n) is 4.08. The normalized spacial score (nSPS) is 12.1. The molecule has 1 aromatic heterocycles. The van der Waals surface area contributed by atoms with Crippen LogP contribution in [-0.2, 0) is 6.42 Å². The second-order valence-corrected chi connectivity index (χ2v) is 6.38. The highest BCUT2D eigenvalue weighted by molar-refractivity contribution is 14.0. The Balaban J connectivity index is 0.00000392. The summed E-state index contributed by atoms with van der Waals surface area (Å²) in [6.45, 7) is 8.34. The number of guanidine groups is 1. The van der Waals surface area contributed by atoms with Crippen LogP contribution in [0.5, 0.6) is 11.5 Å². The summed E-state index contributed by atoms with van der Waals surface area (Å²) in [4.78, 5) is 4.62. The summed E-state index contributed by atoms with van der Waals surface area (Å²) >= 11 is 0. The quantitative estimate of drug-likeness (QED) is 0.202. The molecule has 0 aliphatic rings. The number of aromatic amines is 1. The van der Waals surface area contributed by atoms with E-state index in [0.29, 0.717) is 6.54 Å². The van der Waals surface area contributed by atoms with Gasteiger partial charge in [0.05, 0.1) is 19.9 Å². The fourth-order valence-electron chi connectivity index (χ4n) is 2.62. The SMILES string of the molecule is CCNC(=NCC(C)Oc1cccc(OC)c1)NCCCc1cn[nH]c1C.I. The zero-order valence-electron chi connectivity index (χ0n) is 17.1. The summed E-state index contributed by atoms with van der Waals surface area (Å²) in [5, 5.41) is 13.7. The fraction of sp³-hybridized carbons (Fsp3) is 0.500. The van der Waals surface area contributed by atoms with E-state index >= 15 is 0 Å². The Labute approximate surface area is 184 Å². The number of hydrogen-bond donors (Lipinski definition) is 3. The second kappa shape index (κ2) is 13.2. The van der Waals surface area contributed by atoms with Crippen LogP contribution in [0.1, 0.15) is 31.5 Å². The molecular formula is C20H32IN5O2. The lowest BCUT2D eigenvalue weighted by molar-refractivity contribution is 0.229. The van der Waals surface area contributed by atoms with Crippen molar-refractivity contribution in [2.24, 2.45) is 4.99 Å². The molecule has 2 rings (SSSR count). The van der Waals surface area contributed by atoms with Crippen LogP contribution in [0.25, 0.3) is 0 Å². The van der Waals surface area contributed by atoms with Gasteiger partial charge in [-0.25, -0.2) is 4.99 Å². The number of methoxy groups -OCH3 is 1. The van der Waals surface area contributed by atoms with Gasteiger partial charge < -0.3 is 20.1 Å². The number of ether oxygens (including phenoxy) is 2. The average molecular weight is 501 g/mol. The third-order valence-corrected chi connectivity index (χ3v) is 4.08. The maximum Gasteiger partial charge on any atom is 0.191 e. The van der Waals surface area contributed by atoms with Gasteiger partial charge in [0.15, 0.2) is 5.96 Å². The van der Waals surface area contributed by atoms with Crippen LogP contribution in [0, 0.1) is 6.92 Å². The minimum atomic E-state index is -0.0406. The van der Waals surface area contributed by atoms with Crippen LogP contribution >= 0.6 is 24.0 Å². The standard InChI is InChI=1S/C20H31N5O2.HI/c1-5-21-20(22-11-7-8-17-14-24-25-16(17)3)23-13-15(2)27-19-10-6-9-18(12-19)26-4;/h6,9-10,12,14-15H,5,7-8,11,13H2,1-4H3,(H,24,25)(H2,21,22,23);1H. The van der Waals surface area contributed by atoms with Gasteiger partial charge in [-0.15, -0.1) is 24.0 Å². The molecule has 0 fully saturated rings. The van der Waals surface area contributed by atoms with Crippen molar-refractivity contribution < 1.29 is 9.47 Å². The number of aliphatic imine (C=N–C) groups is 1. The predicted octanol–water partition coefficient (Wildman–Crippen LogP) is 3.30. The molecule has 0 spiro atoms. The number of hydrogen-bond acceptors (Lipinski definition) is 4. The van der Waals surface area contributed by atoms with Crippen LogP contribution in [0.4, 0.5) is 0 Å². The molecule has 0 radical (unpaired) electrons. The Bertz CT molecular complexity index is 720. The van der Waals surface area contributed by atoms with E-state index in [4.69, 9.17) is 9.47 Å². The van der Waals surface area contributed by atoms with Gasteiger partial charge in [0, 0.05) is 24.8 Å². The largest absolute Gasteiger partial charge is 0.497 e. The number of aromatic nitrogens is 2. The van der Waals surface area contributed by atoms with E-state index in [1.165, 1.54) is 5.56 Å². The van der Waals surface area contributed by atoms with E-state index in [0.717, 1.165) is 49.1 Å². The van der Waals surface area contributed by atoms with Crippen molar-refractivity contribution in [2.75, 3.05) is 26.7 Å². The summed E-state index contributed by atoms with van der Waals surface area (Å²) < 4.78 is 11.1. The lowest BCUT2D eigenvalue weighted by Gasteiger charge is -2.15. The maximum atomic E-state index is 5.92. The van der Waals surface area contributed by atoms with E-state index in [1.807, 2.05) is 44.3 Å². The lowest BCUT2D eigenvalue weighted by Crippen LogP contribution is -2.38. The number of benzene rings is 1. The molecule has 28 heavy (non-hydrogen) atoms. The van der Waals surface area contributed by atoms with Crippen LogP contribution < -0.4 is 20.1 Å². The first-order valence-corrected chi connectivity index (χ1v) is 9.44. The van der Waals surface area contributed by atoms with Crippen molar-refractivity contribution in [3.63, 3.8) is 0 Å². The first kappa shape index (κ1) is 24.1. The van der Waals surface area contributed by atoms with E-state index < -0.39 is 0 Å². The highest BCUT2D eigenvalue weighted by atomic mass is 127. The molecule has 0 bridgehead atoms. The van der Waals surface area contributed by atoms with Gasteiger partial charge in [-0.05, 0) is 51.3 Å². The minimum Gasteiger partial charge on any atom is -0.497 e. The molecule has 1 aromatic carbocycles. The first-order valence-electron chi connectivity index (χ1n) is 9.44. The van der Waals surface area contributed by atoms with Gasteiger partial charge >= 0.3 is 0 Å². The molecule has 156 valence electrons. The molecule has 0 amide bonds. The van der Waals surface area contributed by atoms with Gasteiger partial charge in [0.1, 0.15) is 17.6 Å². The molecule has 8 heteroatoms. The van der Waals surface area contributed by atoms with Crippen LogP contribution in [0.2, 0.25) is 0 Å². The van der Waals surface area contributed by atoms with Gasteiger partial charge in [-0.2, -0.15) is 5.10 Å². The zero-order valence-corrected chi connectivity index (χ0v) is 19.4. The minimum absolute atomic E-state index is 0. The highest BCUT2D eigenvalue weighted by Gasteiger charge is 2.06. The summed E-state index contributed by atoms with van der Waals surface area (Å²) in [5.74, 6) is 2.37. The number of H-pyrrole nitrogens is 1. The second-order valence-electron chi connectivity index (χ2n) is 6.38. The predicted molar refractivity (Wildman–Crippen MR) is 124 cm³/mol. The molecule has 0 aliphatic carbocycles. The van der Waals surface area contributed by atoms with Crippen LogP contribution in [0.3, 0.4) is 0 Å². The molecule has 3 N–H and O–H groups in total. The Morgan fingerprint density at radius 3 is 2.75 bits per heavy atom. The van der Waals surface area contributed by atoms with Crippen molar-refractivity contribution in [3.05, 3.63) is 41.7 Å². The van der Waals surface area contributed by atoms with Crippen molar-refractivity contribution in [2.45, 2.75) is 39.7 Å². The van der Waals surface area contributed by atoms with Crippen molar-refractivity contribution in [3.8, 4) is 11.5 Å². The number of halogens is 1. The number of nitrogens with zero attached hydrogens (tertiary/aromatic N) is 2. The van der Waals surface area contributed by atoms with E-state index in [9.17, 15) is 0 Å². The van der Waals surface area contributed by atoms with Crippen LogP contribution in [-0.4, -0.2) is 49.0 Å². The van der Waals surface area contributed by atoms with Crippen molar-refractivity contribution in [1.82, 2.24) is 20.8 Å². The average Bonchev–Trinajstić information content (AvgIpc) is 3.08. The molecule has 0 saturated heterocycles. The van der Waals surface area contributed by atoms with Crippen molar-refractivity contribution >= 4 is 29.9 Å². The lowest BCUT2D eigenvalue weighted by atomic mass is 10.1. The summed E-state index contributed by atoms with van der Waals surface area (Å²) in [6.07, 6.45) is 3.86. The zero-order chi connectivity index (χ0) is 19.5. The van der Waals surface area contributed by atoms with Gasteiger partial charge in [0.2, 0.25) is 0 Å². The smallest absolute Gasteiger partial charge is 0.191 e. The molecule has 1 atom stereocenters. The Hall–Kier alpha value is -1.97. The molecular weight excluding hydrogens is 469 g/mol. The third kappa shape index (κ3) is 8.37. The van der Waals surface area contributed by atoms with Crippen molar-refractivity contribution in [1.29, 1.82) is 0 Å².